The van der Waals surface area contributed by atoms with Gasteiger partial charge in [0.1, 0.15) is 0 Å². The minimum Gasteiger partial charge on any atom is -0.399 e. The molecule has 2 aromatic carbocycles. The summed E-state index contributed by atoms with van der Waals surface area (Å²) in [5.74, 6) is -0.0971. The van der Waals surface area contributed by atoms with Gasteiger partial charge in [0.2, 0.25) is 5.91 Å². The summed E-state index contributed by atoms with van der Waals surface area (Å²) in [6.07, 6.45) is 0. The Balaban J connectivity index is 2.11. The van der Waals surface area contributed by atoms with Crippen LogP contribution in [0, 0.1) is 0 Å². The Morgan fingerprint density at radius 1 is 1.04 bits per heavy atom. The van der Waals surface area contributed by atoms with Gasteiger partial charge in [-0.25, -0.2) is 0 Å². The van der Waals surface area contributed by atoms with Crippen LogP contribution < -0.4 is 10.8 Å². The monoisotopic (exact) mass is 311 g/mol. The number of benzene rings is 2. The molecule has 1 aliphatic rings. The second kappa shape index (κ2) is 5.36. The predicted molar refractivity (Wildman–Crippen MR) is 94.0 cm³/mol. The number of rotatable bonds is 2. The van der Waals surface area contributed by atoms with Crippen molar-refractivity contribution in [2.24, 2.45) is 0 Å². The molecule has 1 aliphatic heterocycles. The molecular formula is C18H22BNO3. The lowest BCUT2D eigenvalue weighted by molar-refractivity contribution is -0.114. The minimum atomic E-state index is -0.460. The topological polar surface area (TPSA) is 47.6 Å². The Labute approximate surface area is 137 Å². The maximum Gasteiger partial charge on any atom is 0.495 e. The molecule has 0 atom stereocenters. The molecule has 0 spiro atoms. The lowest BCUT2D eigenvalue weighted by Crippen LogP contribution is -2.41. The Bertz CT molecular complexity index is 754. The lowest BCUT2D eigenvalue weighted by Gasteiger charge is -2.32. The first-order valence-corrected chi connectivity index (χ1v) is 7.85. The van der Waals surface area contributed by atoms with E-state index in [1.54, 1.807) is 0 Å². The molecule has 1 N–H and O–H groups in total. The molecule has 0 aromatic heterocycles. The minimum absolute atomic E-state index is 0.0971. The first-order chi connectivity index (χ1) is 10.7. The lowest BCUT2D eigenvalue weighted by atomic mass is 9.75. The van der Waals surface area contributed by atoms with Crippen LogP contribution in [0.5, 0.6) is 0 Å². The van der Waals surface area contributed by atoms with Gasteiger partial charge in [0.05, 0.1) is 11.2 Å². The van der Waals surface area contributed by atoms with E-state index in [2.05, 4.69) is 5.32 Å². The van der Waals surface area contributed by atoms with Crippen molar-refractivity contribution in [3.63, 3.8) is 0 Å². The smallest absolute Gasteiger partial charge is 0.399 e. The summed E-state index contributed by atoms with van der Waals surface area (Å²) in [5, 5.41) is 4.97. The highest BCUT2D eigenvalue weighted by molar-refractivity contribution is 6.65. The molecule has 0 radical (unpaired) electrons. The van der Waals surface area contributed by atoms with Gasteiger partial charge < -0.3 is 14.6 Å². The number of anilines is 1. The number of nitrogens with one attached hydrogen (secondary N) is 1. The SMILES string of the molecule is CC(=O)Nc1cc(B2OC(C)(C)C(C)(C)O2)c2ccccc2c1. The van der Waals surface area contributed by atoms with Gasteiger partial charge in [-0.2, -0.15) is 0 Å². The van der Waals surface area contributed by atoms with Crippen LogP contribution in [0.3, 0.4) is 0 Å². The van der Waals surface area contributed by atoms with Gasteiger partial charge in [0.25, 0.3) is 0 Å². The van der Waals surface area contributed by atoms with E-state index in [1.807, 2.05) is 64.1 Å². The van der Waals surface area contributed by atoms with E-state index >= 15 is 0 Å². The molecule has 1 fully saturated rings. The normalized spacial score (nSPS) is 19.1. The zero-order chi connectivity index (χ0) is 16.8. The molecule has 1 heterocycles. The van der Waals surface area contributed by atoms with E-state index in [1.165, 1.54) is 6.92 Å². The van der Waals surface area contributed by atoms with Crippen LogP contribution in [-0.4, -0.2) is 24.2 Å². The van der Waals surface area contributed by atoms with Crippen LogP contribution in [0.4, 0.5) is 5.69 Å². The average molecular weight is 311 g/mol. The van der Waals surface area contributed by atoms with Gasteiger partial charge in [0.15, 0.2) is 0 Å². The Kier molecular flexibility index (Phi) is 3.73. The average Bonchev–Trinajstić information content (AvgIpc) is 2.66. The molecule has 5 heteroatoms. The van der Waals surface area contributed by atoms with Crippen LogP contribution in [0.25, 0.3) is 10.8 Å². The summed E-state index contributed by atoms with van der Waals surface area (Å²) in [5.41, 5.74) is 0.886. The molecule has 0 saturated carbocycles. The van der Waals surface area contributed by atoms with Crippen molar-refractivity contribution in [3.8, 4) is 0 Å². The van der Waals surface area contributed by atoms with E-state index in [9.17, 15) is 4.79 Å². The van der Waals surface area contributed by atoms with Gasteiger partial charge in [-0.3, -0.25) is 4.79 Å². The summed E-state index contributed by atoms with van der Waals surface area (Å²) in [7, 11) is -0.460. The largest absolute Gasteiger partial charge is 0.495 e. The number of carbonyl (C=O) groups is 1. The summed E-state index contributed by atoms with van der Waals surface area (Å²) in [6.45, 7) is 9.64. The predicted octanol–water partition coefficient (Wildman–Crippen LogP) is 3.10. The maximum atomic E-state index is 11.4. The Hall–Kier alpha value is -1.85. The highest BCUT2D eigenvalue weighted by Crippen LogP contribution is 2.37. The van der Waals surface area contributed by atoms with Crippen molar-refractivity contribution in [2.75, 3.05) is 5.32 Å². The zero-order valence-electron chi connectivity index (χ0n) is 14.3. The molecule has 4 nitrogen and oxygen atoms in total. The van der Waals surface area contributed by atoms with Crippen LogP contribution in [0.15, 0.2) is 36.4 Å². The third-order valence-electron chi connectivity index (χ3n) is 4.72. The highest BCUT2D eigenvalue weighted by Gasteiger charge is 2.52. The molecule has 0 bridgehead atoms. The van der Waals surface area contributed by atoms with Crippen LogP contribution >= 0.6 is 0 Å². The van der Waals surface area contributed by atoms with Gasteiger partial charge in [-0.1, -0.05) is 24.3 Å². The third-order valence-corrected chi connectivity index (χ3v) is 4.72. The van der Waals surface area contributed by atoms with Gasteiger partial charge in [-0.15, -0.1) is 0 Å². The summed E-state index contributed by atoms with van der Waals surface area (Å²) in [4.78, 5) is 11.4. The molecule has 2 aromatic rings. The fourth-order valence-corrected chi connectivity index (χ4v) is 2.78. The van der Waals surface area contributed by atoms with E-state index in [0.29, 0.717) is 0 Å². The molecular weight excluding hydrogens is 289 g/mol. The fraction of sp³-hybridized carbons (Fsp3) is 0.389. The maximum absolute atomic E-state index is 11.4. The molecule has 1 saturated heterocycles. The van der Waals surface area contributed by atoms with Crippen LogP contribution in [-0.2, 0) is 14.1 Å². The van der Waals surface area contributed by atoms with Gasteiger partial charge in [-0.05, 0) is 56.1 Å². The van der Waals surface area contributed by atoms with E-state index < -0.39 is 18.3 Å². The van der Waals surface area contributed by atoms with Crippen molar-refractivity contribution in [2.45, 2.75) is 45.8 Å². The first kappa shape index (κ1) is 16.0. The number of fused-ring (bicyclic) bond motifs is 1. The first-order valence-electron chi connectivity index (χ1n) is 7.85. The molecule has 120 valence electrons. The summed E-state index contributed by atoms with van der Waals surface area (Å²) < 4.78 is 12.4. The second-order valence-corrected chi connectivity index (χ2v) is 7.06. The highest BCUT2D eigenvalue weighted by atomic mass is 16.7. The number of carbonyl (C=O) groups excluding carboxylic acids is 1. The van der Waals surface area contributed by atoms with Crippen molar-refractivity contribution in [1.82, 2.24) is 0 Å². The third kappa shape index (κ3) is 2.86. The van der Waals surface area contributed by atoms with E-state index in [-0.39, 0.29) is 5.91 Å². The van der Waals surface area contributed by atoms with Crippen molar-refractivity contribution in [1.29, 1.82) is 0 Å². The van der Waals surface area contributed by atoms with Gasteiger partial charge in [0, 0.05) is 12.6 Å². The van der Waals surface area contributed by atoms with Crippen molar-refractivity contribution >= 4 is 34.9 Å². The van der Waals surface area contributed by atoms with E-state index in [0.717, 1.165) is 21.9 Å². The standard InChI is InChI=1S/C18H22BNO3/c1-12(21)20-14-10-13-8-6-7-9-15(13)16(11-14)19-22-17(2,3)18(4,5)23-19/h6-11H,1-5H3,(H,20,21). The van der Waals surface area contributed by atoms with E-state index in [4.69, 9.17) is 9.31 Å². The number of hydrogen-bond donors (Lipinski definition) is 1. The fourth-order valence-electron chi connectivity index (χ4n) is 2.78. The molecule has 3 rings (SSSR count). The summed E-state index contributed by atoms with van der Waals surface area (Å²) >= 11 is 0. The Morgan fingerprint density at radius 2 is 1.65 bits per heavy atom. The van der Waals surface area contributed by atoms with Crippen molar-refractivity contribution < 1.29 is 14.1 Å². The Morgan fingerprint density at radius 3 is 2.26 bits per heavy atom. The number of hydrogen-bond acceptors (Lipinski definition) is 3. The van der Waals surface area contributed by atoms with Crippen LogP contribution in [0.2, 0.25) is 0 Å². The molecule has 0 aliphatic carbocycles. The number of amides is 1. The van der Waals surface area contributed by atoms with Crippen LogP contribution in [0.1, 0.15) is 34.6 Å². The van der Waals surface area contributed by atoms with Crippen molar-refractivity contribution in [3.05, 3.63) is 36.4 Å². The second-order valence-electron chi connectivity index (χ2n) is 7.06. The molecule has 23 heavy (non-hydrogen) atoms. The zero-order valence-corrected chi connectivity index (χ0v) is 14.3. The molecule has 1 amide bonds. The van der Waals surface area contributed by atoms with Gasteiger partial charge >= 0.3 is 7.12 Å². The molecule has 0 unspecified atom stereocenters. The summed E-state index contributed by atoms with van der Waals surface area (Å²) in [6, 6.07) is 11.9. The quantitative estimate of drug-likeness (QED) is 0.867.